The van der Waals surface area contributed by atoms with Gasteiger partial charge in [-0.05, 0) is 36.8 Å². The number of carbonyl (C=O) groups is 3. The molecule has 1 aliphatic heterocycles. The molecule has 29 heavy (non-hydrogen) atoms. The second-order valence-corrected chi connectivity index (χ2v) is 8.13. The lowest BCUT2D eigenvalue weighted by molar-refractivity contribution is -0.116. The number of nitrogens with zero attached hydrogens (tertiary/aromatic N) is 3. The second-order valence-electron chi connectivity index (χ2n) is 6.36. The molecule has 3 aromatic rings. The summed E-state index contributed by atoms with van der Waals surface area (Å²) in [5.74, 6) is -0.865. The number of fused-ring (bicyclic) bond motifs is 1. The Morgan fingerprint density at radius 1 is 1.10 bits per heavy atom. The Morgan fingerprint density at radius 3 is 2.72 bits per heavy atom. The number of amides is 3. The van der Waals surface area contributed by atoms with E-state index in [2.05, 4.69) is 31.2 Å². The Bertz CT molecular complexity index is 1100. The number of rotatable bonds is 6. The van der Waals surface area contributed by atoms with Crippen molar-refractivity contribution < 1.29 is 14.4 Å². The molecule has 0 radical (unpaired) electrons. The maximum Gasteiger partial charge on any atom is 0.261 e. The molecule has 146 valence electrons. The van der Waals surface area contributed by atoms with Crippen LogP contribution in [0.4, 0.5) is 5.13 Å². The van der Waals surface area contributed by atoms with Gasteiger partial charge in [0, 0.05) is 29.0 Å². The van der Waals surface area contributed by atoms with E-state index in [0.29, 0.717) is 28.4 Å². The molecular weight excluding hydrogens is 456 g/mol. The van der Waals surface area contributed by atoms with E-state index in [9.17, 15) is 14.4 Å². The number of pyridine rings is 1. The number of carbonyl (C=O) groups excluding carboxylic acids is 3. The van der Waals surface area contributed by atoms with Crippen LogP contribution < -0.4 is 5.32 Å². The van der Waals surface area contributed by atoms with Gasteiger partial charge in [-0.2, -0.15) is 0 Å². The van der Waals surface area contributed by atoms with Crippen molar-refractivity contribution in [3.8, 4) is 11.4 Å². The Balaban J connectivity index is 1.30. The van der Waals surface area contributed by atoms with Crippen molar-refractivity contribution >= 4 is 50.1 Å². The number of anilines is 1. The molecular formula is C20H15BrN4O3S. The monoisotopic (exact) mass is 470 g/mol. The van der Waals surface area contributed by atoms with Gasteiger partial charge < -0.3 is 5.32 Å². The number of aromatic nitrogens is 2. The first kappa shape index (κ1) is 19.4. The van der Waals surface area contributed by atoms with Crippen LogP contribution in [-0.2, 0) is 4.79 Å². The fourth-order valence-corrected chi connectivity index (χ4v) is 4.09. The predicted molar refractivity (Wildman–Crippen MR) is 113 cm³/mol. The zero-order chi connectivity index (χ0) is 20.4. The lowest BCUT2D eigenvalue weighted by Gasteiger charge is -2.13. The molecule has 9 heteroatoms. The molecule has 2 aromatic heterocycles. The molecule has 3 amide bonds. The van der Waals surface area contributed by atoms with E-state index in [1.54, 1.807) is 24.4 Å². The molecule has 7 nitrogen and oxygen atoms in total. The number of hydrogen-bond donors (Lipinski definition) is 1. The molecule has 1 N–H and O–H groups in total. The molecule has 0 fully saturated rings. The molecule has 0 aliphatic carbocycles. The Labute approximate surface area is 178 Å². The minimum absolute atomic E-state index is 0.176. The van der Waals surface area contributed by atoms with E-state index in [1.807, 2.05) is 23.6 Å². The lowest BCUT2D eigenvalue weighted by atomic mass is 10.1. The second kappa shape index (κ2) is 8.22. The van der Waals surface area contributed by atoms with Gasteiger partial charge in [0.25, 0.3) is 11.8 Å². The summed E-state index contributed by atoms with van der Waals surface area (Å²) >= 11 is 4.63. The summed E-state index contributed by atoms with van der Waals surface area (Å²) in [6, 6.07) is 10.6. The third-order valence-electron chi connectivity index (χ3n) is 4.40. The van der Waals surface area contributed by atoms with Gasteiger partial charge in [-0.1, -0.05) is 22.0 Å². The van der Waals surface area contributed by atoms with Crippen molar-refractivity contribution in [2.45, 2.75) is 12.8 Å². The maximum atomic E-state index is 12.4. The minimum atomic E-state index is -0.327. The first-order chi connectivity index (χ1) is 14.0. The first-order valence-electron chi connectivity index (χ1n) is 8.85. The number of halogens is 1. The van der Waals surface area contributed by atoms with Crippen LogP contribution in [0.5, 0.6) is 0 Å². The van der Waals surface area contributed by atoms with Crippen LogP contribution in [0.25, 0.3) is 11.4 Å². The lowest BCUT2D eigenvalue weighted by Crippen LogP contribution is -2.31. The molecule has 0 atom stereocenters. The standard InChI is InChI=1S/C20H15BrN4O3S/c21-12-6-7-13-14(10-12)19(28)25(18(13)27)9-3-5-17(26)24-20-23-16(11-29-20)15-4-1-2-8-22-15/h1-2,4,6-8,10-11H,3,5,9H2,(H,23,24,26). The van der Waals surface area contributed by atoms with Gasteiger partial charge in [0.2, 0.25) is 5.91 Å². The summed E-state index contributed by atoms with van der Waals surface area (Å²) in [6.45, 7) is 0.189. The third-order valence-corrected chi connectivity index (χ3v) is 5.65. The average molecular weight is 471 g/mol. The summed E-state index contributed by atoms with van der Waals surface area (Å²) in [4.78, 5) is 46.8. The van der Waals surface area contributed by atoms with Crippen LogP contribution in [0.3, 0.4) is 0 Å². The molecule has 1 aromatic carbocycles. The largest absolute Gasteiger partial charge is 0.302 e. The zero-order valence-electron chi connectivity index (χ0n) is 15.1. The highest BCUT2D eigenvalue weighted by molar-refractivity contribution is 9.10. The van der Waals surface area contributed by atoms with E-state index in [-0.39, 0.29) is 30.7 Å². The van der Waals surface area contributed by atoms with Gasteiger partial charge in [-0.25, -0.2) is 4.98 Å². The molecule has 3 heterocycles. The maximum absolute atomic E-state index is 12.4. The highest BCUT2D eigenvalue weighted by Crippen LogP contribution is 2.26. The molecule has 0 bridgehead atoms. The van der Waals surface area contributed by atoms with Crippen molar-refractivity contribution in [3.63, 3.8) is 0 Å². The molecule has 1 aliphatic rings. The van der Waals surface area contributed by atoms with Crippen molar-refractivity contribution in [2.75, 3.05) is 11.9 Å². The highest BCUT2D eigenvalue weighted by Gasteiger charge is 2.35. The summed E-state index contributed by atoms with van der Waals surface area (Å²) in [5.41, 5.74) is 2.22. The molecule has 0 saturated heterocycles. The Morgan fingerprint density at radius 2 is 1.93 bits per heavy atom. The van der Waals surface area contributed by atoms with Crippen molar-refractivity contribution in [1.29, 1.82) is 0 Å². The highest BCUT2D eigenvalue weighted by atomic mass is 79.9. The average Bonchev–Trinajstić information content (AvgIpc) is 3.27. The fraction of sp³-hybridized carbons (Fsp3) is 0.150. The normalized spacial score (nSPS) is 12.9. The van der Waals surface area contributed by atoms with Crippen LogP contribution in [-0.4, -0.2) is 39.1 Å². The van der Waals surface area contributed by atoms with Crippen LogP contribution in [0.1, 0.15) is 33.6 Å². The van der Waals surface area contributed by atoms with Crippen molar-refractivity contribution in [2.24, 2.45) is 0 Å². The van der Waals surface area contributed by atoms with E-state index < -0.39 is 0 Å². The van der Waals surface area contributed by atoms with Crippen molar-refractivity contribution in [3.05, 3.63) is 63.6 Å². The zero-order valence-corrected chi connectivity index (χ0v) is 17.5. The number of nitrogens with one attached hydrogen (secondary N) is 1. The fourth-order valence-electron chi connectivity index (χ4n) is 3.01. The van der Waals surface area contributed by atoms with Gasteiger partial charge in [0.15, 0.2) is 5.13 Å². The minimum Gasteiger partial charge on any atom is -0.302 e. The molecule has 0 spiro atoms. The van der Waals surface area contributed by atoms with E-state index in [1.165, 1.54) is 16.2 Å². The Kier molecular flexibility index (Phi) is 5.50. The van der Waals surface area contributed by atoms with Gasteiger partial charge in [-0.15, -0.1) is 11.3 Å². The van der Waals surface area contributed by atoms with Crippen LogP contribution in [0.15, 0.2) is 52.4 Å². The van der Waals surface area contributed by atoms with Crippen LogP contribution in [0.2, 0.25) is 0 Å². The quantitative estimate of drug-likeness (QED) is 0.549. The topological polar surface area (TPSA) is 92.3 Å². The summed E-state index contributed by atoms with van der Waals surface area (Å²) in [5, 5.41) is 5.07. The molecule has 4 rings (SSSR count). The van der Waals surface area contributed by atoms with Gasteiger partial charge in [0.05, 0.1) is 16.8 Å². The number of benzene rings is 1. The van der Waals surface area contributed by atoms with Gasteiger partial charge in [0.1, 0.15) is 5.69 Å². The van der Waals surface area contributed by atoms with Gasteiger partial charge in [-0.3, -0.25) is 24.3 Å². The number of imide groups is 1. The van der Waals surface area contributed by atoms with E-state index in [0.717, 1.165) is 10.2 Å². The summed E-state index contributed by atoms with van der Waals surface area (Å²) in [7, 11) is 0. The number of thiazole rings is 1. The SMILES string of the molecule is O=C(CCCN1C(=O)c2ccc(Br)cc2C1=O)Nc1nc(-c2ccccn2)cs1. The van der Waals surface area contributed by atoms with Gasteiger partial charge >= 0.3 is 0 Å². The summed E-state index contributed by atoms with van der Waals surface area (Å²) < 4.78 is 0.743. The van der Waals surface area contributed by atoms with Crippen LogP contribution in [0, 0.1) is 0 Å². The molecule has 0 unspecified atom stereocenters. The first-order valence-corrected chi connectivity index (χ1v) is 10.5. The number of hydrogen-bond acceptors (Lipinski definition) is 6. The molecule has 0 saturated carbocycles. The van der Waals surface area contributed by atoms with E-state index in [4.69, 9.17) is 0 Å². The third kappa shape index (κ3) is 4.10. The predicted octanol–water partition coefficient (Wildman–Crippen LogP) is 3.98. The smallest absolute Gasteiger partial charge is 0.261 e. The summed E-state index contributed by atoms with van der Waals surface area (Å²) in [6.07, 6.45) is 2.23. The van der Waals surface area contributed by atoms with E-state index >= 15 is 0 Å². The van der Waals surface area contributed by atoms with Crippen molar-refractivity contribution in [1.82, 2.24) is 14.9 Å². The van der Waals surface area contributed by atoms with Crippen LogP contribution >= 0.6 is 27.3 Å². The Hall–Kier alpha value is -2.91.